The van der Waals surface area contributed by atoms with Crippen molar-refractivity contribution in [1.82, 2.24) is 14.4 Å². The van der Waals surface area contributed by atoms with E-state index in [9.17, 15) is 19.1 Å². The lowest BCUT2D eigenvalue weighted by Crippen LogP contribution is -2.54. The molecule has 0 spiro atoms. The second kappa shape index (κ2) is 5.40. The Balaban J connectivity index is 2.50. The molecule has 0 saturated carbocycles. The van der Waals surface area contributed by atoms with Gasteiger partial charge in [0.2, 0.25) is 5.95 Å². The van der Waals surface area contributed by atoms with Crippen LogP contribution in [0.4, 0.5) is 14.9 Å². The fourth-order valence-corrected chi connectivity index (χ4v) is 2.88. The number of hydrogen-bond acceptors (Lipinski definition) is 4. The molecule has 0 radical (unpaired) electrons. The molecule has 2 heterocycles. The number of carbonyl (C=O) groups excluding carboxylic acids is 2. The van der Waals surface area contributed by atoms with E-state index in [0.29, 0.717) is 12.2 Å². The van der Waals surface area contributed by atoms with Crippen LogP contribution in [-0.4, -0.2) is 48.1 Å². The number of pyridine rings is 1. The standard InChI is InChI=1S/C14H18FN3O3/c1-9(2)7-18(10-4-5-12(15)16-6-10)8-11(13(19)20)17(3)14(18)21/h4-6,9,11H,7-8H2,1-3H3. The summed E-state index contributed by atoms with van der Waals surface area (Å²) in [5.41, 5.74) is 0.491. The molecule has 1 aliphatic heterocycles. The Labute approximate surface area is 122 Å². The lowest BCUT2D eigenvalue weighted by atomic mass is 10.1. The van der Waals surface area contributed by atoms with Gasteiger partial charge in [-0.25, -0.2) is 14.3 Å². The predicted octanol–water partition coefficient (Wildman–Crippen LogP) is 0.368. The van der Waals surface area contributed by atoms with Crippen molar-refractivity contribution in [2.24, 2.45) is 5.92 Å². The number of aromatic nitrogens is 1. The van der Waals surface area contributed by atoms with Crippen molar-refractivity contribution in [3.05, 3.63) is 24.3 Å². The Morgan fingerprint density at radius 3 is 2.67 bits per heavy atom. The number of carboxylic acids is 1. The predicted molar refractivity (Wildman–Crippen MR) is 72.5 cm³/mol. The molecular formula is C14H18FN3O3. The molecule has 1 saturated heterocycles. The zero-order chi connectivity index (χ0) is 15.8. The highest BCUT2D eigenvalue weighted by atomic mass is 19.1. The van der Waals surface area contributed by atoms with Crippen molar-refractivity contribution < 1.29 is 19.1 Å². The van der Waals surface area contributed by atoms with E-state index in [1.54, 1.807) is 0 Å². The summed E-state index contributed by atoms with van der Waals surface area (Å²) in [5.74, 6) is -1.78. The Kier molecular flexibility index (Phi) is 3.95. The van der Waals surface area contributed by atoms with Gasteiger partial charge >= 0.3 is 6.03 Å². The van der Waals surface area contributed by atoms with Crippen LogP contribution in [-0.2, 0) is 4.79 Å². The SMILES string of the molecule is CC(C)C[N+]1(c2ccc(F)nc2)CC(C(=O)[O-])N(C)C1=O. The third kappa shape index (κ3) is 2.61. The Bertz CT molecular complexity index is 561. The van der Waals surface area contributed by atoms with Gasteiger partial charge in [0.05, 0.1) is 18.7 Å². The molecule has 2 atom stereocenters. The number of amides is 2. The van der Waals surface area contributed by atoms with Crippen LogP contribution in [0.3, 0.4) is 0 Å². The number of rotatable bonds is 4. The molecule has 1 aromatic rings. The number of quaternary nitrogens is 1. The highest BCUT2D eigenvalue weighted by molar-refractivity contribution is 5.94. The first-order chi connectivity index (χ1) is 9.78. The first-order valence-corrected chi connectivity index (χ1v) is 6.75. The number of urea groups is 1. The largest absolute Gasteiger partial charge is 0.548 e. The van der Waals surface area contributed by atoms with Crippen LogP contribution >= 0.6 is 0 Å². The number of carbonyl (C=O) groups is 2. The molecule has 7 heteroatoms. The van der Waals surface area contributed by atoms with Crippen LogP contribution in [0.1, 0.15) is 13.8 Å². The molecule has 0 aromatic carbocycles. The van der Waals surface area contributed by atoms with Crippen LogP contribution in [0, 0.1) is 11.9 Å². The molecular weight excluding hydrogens is 277 g/mol. The summed E-state index contributed by atoms with van der Waals surface area (Å²) in [7, 11) is 1.44. The summed E-state index contributed by atoms with van der Waals surface area (Å²) >= 11 is 0. The molecule has 0 N–H and O–H groups in total. The lowest BCUT2D eigenvalue weighted by Gasteiger charge is -2.31. The summed E-state index contributed by atoms with van der Waals surface area (Å²) in [6, 6.07) is 1.32. The molecule has 1 fully saturated rings. The van der Waals surface area contributed by atoms with Gasteiger partial charge in [-0.15, -0.1) is 0 Å². The molecule has 114 valence electrons. The average molecular weight is 295 g/mol. The number of likely N-dealkylation sites (N-methyl/N-ethyl adjacent to an activating group) is 1. The molecule has 0 bridgehead atoms. The second-order valence-corrected chi connectivity index (χ2v) is 5.79. The third-order valence-electron chi connectivity index (χ3n) is 3.77. The van der Waals surface area contributed by atoms with E-state index in [0.717, 1.165) is 0 Å². The van der Waals surface area contributed by atoms with Crippen molar-refractivity contribution in [3.63, 3.8) is 0 Å². The van der Waals surface area contributed by atoms with E-state index in [1.165, 1.54) is 30.3 Å². The summed E-state index contributed by atoms with van der Waals surface area (Å²) in [6.07, 6.45) is 1.29. The van der Waals surface area contributed by atoms with Gasteiger partial charge < -0.3 is 9.90 Å². The molecule has 2 amide bonds. The van der Waals surface area contributed by atoms with Crippen molar-refractivity contribution in [2.75, 3.05) is 20.1 Å². The third-order valence-corrected chi connectivity index (χ3v) is 3.77. The highest BCUT2D eigenvalue weighted by Gasteiger charge is 2.53. The molecule has 1 aliphatic rings. The van der Waals surface area contributed by atoms with Crippen molar-refractivity contribution >= 4 is 17.7 Å². The maximum atomic E-state index is 13.0. The highest BCUT2D eigenvalue weighted by Crippen LogP contribution is 2.32. The number of hydrogen-bond donors (Lipinski definition) is 0. The summed E-state index contributed by atoms with van der Waals surface area (Å²) in [5, 5.41) is 11.2. The van der Waals surface area contributed by atoms with Crippen LogP contribution in [0.25, 0.3) is 0 Å². The van der Waals surface area contributed by atoms with Crippen LogP contribution in [0.15, 0.2) is 18.3 Å². The van der Waals surface area contributed by atoms with Gasteiger partial charge in [-0.05, 0) is 6.07 Å². The maximum absolute atomic E-state index is 13.0. The average Bonchev–Trinajstić information content (AvgIpc) is 2.65. The fraction of sp³-hybridized carbons (Fsp3) is 0.500. The Hall–Kier alpha value is -2.02. The molecule has 2 rings (SSSR count). The Morgan fingerprint density at radius 2 is 2.24 bits per heavy atom. The van der Waals surface area contributed by atoms with Gasteiger partial charge in [0.1, 0.15) is 12.6 Å². The van der Waals surface area contributed by atoms with E-state index < -0.39 is 18.0 Å². The normalized spacial score (nSPS) is 25.7. The van der Waals surface area contributed by atoms with Gasteiger partial charge in [-0.1, -0.05) is 13.8 Å². The minimum atomic E-state index is -1.29. The summed E-state index contributed by atoms with van der Waals surface area (Å²) in [6.45, 7) is 4.36. The van der Waals surface area contributed by atoms with Gasteiger partial charge in [0, 0.05) is 19.0 Å². The molecule has 2 unspecified atom stereocenters. The summed E-state index contributed by atoms with van der Waals surface area (Å²) < 4.78 is 12.8. The van der Waals surface area contributed by atoms with E-state index in [4.69, 9.17) is 0 Å². The van der Waals surface area contributed by atoms with Gasteiger partial charge in [0.15, 0.2) is 5.69 Å². The van der Waals surface area contributed by atoms with Crippen molar-refractivity contribution in [2.45, 2.75) is 19.9 Å². The molecule has 21 heavy (non-hydrogen) atoms. The van der Waals surface area contributed by atoms with E-state index >= 15 is 0 Å². The van der Waals surface area contributed by atoms with E-state index in [2.05, 4.69) is 4.98 Å². The summed E-state index contributed by atoms with van der Waals surface area (Å²) in [4.78, 5) is 28.6. The van der Waals surface area contributed by atoms with Gasteiger partial charge in [-0.2, -0.15) is 4.39 Å². The van der Waals surface area contributed by atoms with E-state index in [-0.39, 0.29) is 23.0 Å². The monoisotopic (exact) mass is 295 g/mol. The van der Waals surface area contributed by atoms with Crippen molar-refractivity contribution in [1.29, 1.82) is 0 Å². The van der Waals surface area contributed by atoms with E-state index in [1.807, 2.05) is 13.8 Å². The number of halogens is 1. The number of nitrogens with zero attached hydrogens (tertiary/aromatic N) is 3. The molecule has 0 aliphatic carbocycles. The molecule has 1 aromatic heterocycles. The van der Waals surface area contributed by atoms with Crippen LogP contribution < -0.4 is 9.59 Å². The molecule has 6 nitrogen and oxygen atoms in total. The first kappa shape index (κ1) is 15.4. The van der Waals surface area contributed by atoms with Crippen LogP contribution in [0.5, 0.6) is 0 Å². The zero-order valence-corrected chi connectivity index (χ0v) is 12.2. The Morgan fingerprint density at radius 1 is 1.57 bits per heavy atom. The fourth-order valence-electron chi connectivity index (χ4n) is 2.88. The maximum Gasteiger partial charge on any atom is 0.424 e. The van der Waals surface area contributed by atoms with Gasteiger partial charge in [-0.3, -0.25) is 4.90 Å². The smallest absolute Gasteiger partial charge is 0.424 e. The zero-order valence-electron chi connectivity index (χ0n) is 12.2. The van der Waals surface area contributed by atoms with Crippen molar-refractivity contribution in [3.8, 4) is 0 Å². The quantitative estimate of drug-likeness (QED) is 0.594. The first-order valence-electron chi connectivity index (χ1n) is 6.75. The van der Waals surface area contributed by atoms with Gasteiger partial charge in [0.25, 0.3) is 0 Å². The van der Waals surface area contributed by atoms with Crippen LogP contribution in [0.2, 0.25) is 0 Å². The minimum absolute atomic E-state index is 0.0587. The topological polar surface area (TPSA) is 73.3 Å². The lowest BCUT2D eigenvalue weighted by molar-refractivity contribution is -0.309. The number of aliphatic carboxylic acids is 1. The minimum Gasteiger partial charge on any atom is -0.548 e. The number of carboxylic acid groups (broad SMARTS) is 1. The second-order valence-electron chi connectivity index (χ2n) is 5.79.